The van der Waals surface area contributed by atoms with Crippen LogP contribution in [0.1, 0.15) is 37.4 Å². The zero-order chi connectivity index (χ0) is 23.1. The molecular formula is C24H29ClN6O. The summed E-state index contributed by atoms with van der Waals surface area (Å²) in [6.45, 7) is 2.75. The summed E-state index contributed by atoms with van der Waals surface area (Å²) < 4.78 is 0. The summed E-state index contributed by atoms with van der Waals surface area (Å²) in [5.41, 5.74) is 22.0. The molecule has 1 heterocycles. The molecule has 0 fully saturated rings. The van der Waals surface area contributed by atoms with Crippen molar-refractivity contribution in [3.8, 4) is 11.1 Å². The topological polar surface area (TPSA) is 133 Å². The Kier molecular flexibility index (Phi) is 7.89. The number of rotatable bonds is 10. The van der Waals surface area contributed by atoms with Gasteiger partial charge in [-0.25, -0.2) is 4.98 Å². The van der Waals surface area contributed by atoms with E-state index in [1.807, 2.05) is 48.5 Å². The highest BCUT2D eigenvalue weighted by Gasteiger charge is 2.21. The summed E-state index contributed by atoms with van der Waals surface area (Å²) in [5.74, 6) is -0.307. The van der Waals surface area contributed by atoms with Crippen LogP contribution in [0.25, 0.3) is 11.1 Å². The number of hydrogen-bond acceptors (Lipinski definition) is 6. The van der Waals surface area contributed by atoms with E-state index < -0.39 is 0 Å². The molecule has 0 aliphatic heterocycles. The third-order valence-corrected chi connectivity index (χ3v) is 5.61. The molecular weight excluding hydrogens is 424 g/mol. The second-order valence-corrected chi connectivity index (χ2v) is 8.23. The number of carbonyl (C=O) groups is 1. The number of primary amides is 1. The van der Waals surface area contributed by atoms with Gasteiger partial charge in [0, 0.05) is 35.2 Å². The number of unbranched alkanes of at least 4 members (excludes halogenated alkanes) is 1. The molecule has 1 atom stereocenters. The molecule has 1 aromatic heterocycles. The molecule has 1 unspecified atom stereocenters. The predicted octanol–water partition coefficient (Wildman–Crippen LogP) is 4.41. The number of nitrogens with two attached hydrogens (primary N) is 3. The minimum absolute atomic E-state index is 0.0845. The Morgan fingerprint density at radius 3 is 2.38 bits per heavy atom. The van der Waals surface area contributed by atoms with E-state index in [9.17, 15) is 4.79 Å². The van der Waals surface area contributed by atoms with Gasteiger partial charge in [0.05, 0.1) is 5.69 Å². The average molecular weight is 453 g/mol. The van der Waals surface area contributed by atoms with Crippen LogP contribution >= 0.6 is 11.6 Å². The molecule has 0 saturated heterocycles. The van der Waals surface area contributed by atoms with E-state index in [-0.39, 0.29) is 23.6 Å². The lowest BCUT2D eigenvalue weighted by molar-refractivity contribution is -0.122. The third-order valence-electron chi connectivity index (χ3n) is 5.36. The van der Waals surface area contributed by atoms with Crippen molar-refractivity contribution >= 4 is 35.0 Å². The Morgan fingerprint density at radius 1 is 1.06 bits per heavy atom. The average Bonchev–Trinajstić information content (AvgIpc) is 2.76. The van der Waals surface area contributed by atoms with Crippen LogP contribution in [0, 0.1) is 5.92 Å². The van der Waals surface area contributed by atoms with Gasteiger partial charge in [-0.05, 0) is 41.8 Å². The molecule has 2 aromatic carbocycles. The Balaban J connectivity index is 1.81. The normalized spacial score (nSPS) is 11.8. The number of amides is 1. The van der Waals surface area contributed by atoms with Crippen LogP contribution in [0.3, 0.4) is 0 Å². The van der Waals surface area contributed by atoms with E-state index in [2.05, 4.69) is 22.2 Å². The first-order valence-corrected chi connectivity index (χ1v) is 11.0. The van der Waals surface area contributed by atoms with Crippen molar-refractivity contribution in [3.05, 3.63) is 64.8 Å². The number of nitrogens with zero attached hydrogens (tertiary/aromatic N) is 2. The van der Waals surface area contributed by atoms with E-state index in [0.717, 1.165) is 29.7 Å². The predicted molar refractivity (Wildman–Crippen MR) is 131 cm³/mol. The van der Waals surface area contributed by atoms with Crippen LogP contribution in [0.15, 0.2) is 48.5 Å². The van der Waals surface area contributed by atoms with E-state index in [4.69, 9.17) is 28.8 Å². The Bertz CT molecular complexity index is 1050. The Morgan fingerprint density at radius 2 is 1.75 bits per heavy atom. The van der Waals surface area contributed by atoms with Gasteiger partial charge in [-0.1, -0.05) is 55.6 Å². The van der Waals surface area contributed by atoms with Crippen LogP contribution in [0.4, 0.5) is 17.5 Å². The lowest BCUT2D eigenvalue weighted by Crippen LogP contribution is -2.26. The number of anilines is 3. The fraction of sp³-hybridized carbons (Fsp3) is 0.292. The molecule has 0 aliphatic rings. The number of hydrogen-bond donors (Lipinski definition) is 4. The molecule has 8 heteroatoms. The highest BCUT2D eigenvalue weighted by molar-refractivity contribution is 6.30. The maximum Gasteiger partial charge on any atom is 0.222 e. The summed E-state index contributed by atoms with van der Waals surface area (Å²) in [4.78, 5) is 20.5. The van der Waals surface area contributed by atoms with E-state index in [1.165, 1.54) is 0 Å². The highest BCUT2D eigenvalue weighted by Crippen LogP contribution is 2.31. The number of aromatic nitrogens is 2. The summed E-state index contributed by atoms with van der Waals surface area (Å²) in [5, 5.41) is 4.09. The number of benzene rings is 2. The maximum absolute atomic E-state index is 12.0. The monoisotopic (exact) mass is 452 g/mol. The first-order valence-electron chi connectivity index (χ1n) is 10.7. The highest BCUT2D eigenvalue weighted by atomic mass is 35.5. The molecule has 0 aliphatic carbocycles. The fourth-order valence-electron chi connectivity index (χ4n) is 3.60. The minimum Gasteiger partial charge on any atom is -0.383 e. The molecule has 0 radical (unpaired) electrons. The van der Waals surface area contributed by atoms with Gasteiger partial charge in [-0.15, -0.1) is 0 Å². The Hall–Kier alpha value is -3.32. The van der Waals surface area contributed by atoms with Crippen LogP contribution in [0.2, 0.25) is 5.02 Å². The molecule has 3 rings (SSSR count). The van der Waals surface area contributed by atoms with Gasteiger partial charge in [0.1, 0.15) is 5.82 Å². The second-order valence-electron chi connectivity index (χ2n) is 7.79. The number of halogens is 1. The van der Waals surface area contributed by atoms with Gasteiger partial charge < -0.3 is 22.5 Å². The summed E-state index contributed by atoms with van der Waals surface area (Å²) in [6, 6.07) is 15.5. The van der Waals surface area contributed by atoms with Gasteiger partial charge in [-0.2, -0.15) is 4.98 Å². The van der Waals surface area contributed by atoms with Gasteiger partial charge in [0.2, 0.25) is 11.9 Å². The molecule has 168 valence electrons. The van der Waals surface area contributed by atoms with Gasteiger partial charge >= 0.3 is 0 Å². The standard InChI is InChI=1S/C24H29ClN6O/c1-2-3-4-17(23(27)32)13-20-21(22(26)31-24(28)30-20)16-7-11-19(12-8-16)29-14-15-5-9-18(25)10-6-15/h5-12,17,29H,2-4,13-14H2,1H3,(H2,27,32)(H4,26,28,30,31). The summed E-state index contributed by atoms with van der Waals surface area (Å²) >= 11 is 5.94. The zero-order valence-electron chi connectivity index (χ0n) is 18.1. The SMILES string of the molecule is CCCCC(Cc1nc(N)nc(N)c1-c1ccc(NCc2ccc(Cl)cc2)cc1)C(N)=O. The minimum atomic E-state index is -0.345. The van der Waals surface area contributed by atoms with Crippen molar-refractivity contribution in [3.63, 3.8) is 0 Å². The van der Waals surface area contributed by atoms with Crippen molar-refractivity contribution in [2.75, 3.05) is 16.8 Å². The maximum atomic E-state index is 12.0. The van der Waals surface area contributed by atoms with Crippen molar-refractivity contribution in [1.29, 1.82) is 0 Å². The molecule has 7 N–H and O–H groups in total. The number of carbonyl (C=O) groups excluding carboxylic acids is 1. The van der Waals surface area contributed by atoms with Crippen molar-refractivity contribution < 1.29 is 4.79 Å². The molecule has 0 saturated carbocycles. The Labute approximate surface area is 193 Å². The van der Waals surface area contributed by atoms with Gasteiger partial charge in [-0.3, -0.25) is 4.79 Å². The van der Waals surface area contributed by atoms with Gasteiger partial charge in [0.15, 0.2) is 0 Å². The lowest BCUT2D eigenvalue weighted by atomic mass is 9.92. The summed E-state index contributed by atoms with van der Waals surface area (Å²) in [7, 11) is 0. The van der Waals surface area contributed by atoms with Crippen LogP contribution in [-0.4, -0.2) is 15.9 Å². The summed E-state index contributed by atoms with van der Waals surface area (Å²) in [6.07, 6.45) is 2.96. The smallest absolute Gasteiger partial charge is 0.222 e. The quantitative estimate of drug-likeness (QED) is 0.360. The lowest BCUT2D eigenvalue weighted by Gasteiger charge is -2.17. The van der Waals surface area contributed by atoms with E-state index in [1.54, 1.807) is 0 Å². The third kappa shape index (κ3) is 6.11. The largest absolute Gasteiger partial charge is 0.383 e. The van der Waals surface area contributed by atoms with E-state index >= 15 is 0 Å². The molecule has 1 amide bonds. The first-order chi connectivity index (χ1) is 15.4. The van der Waals surface area contributed by atoms with Gasteiger partial charge in [0.25, 0.3) is 0 Å². The number of nitrogen functional groups attached to an aromatic ring is 2. The van der Waals surface area contributed by atoms with Crippen molar-refractivity contribution in [2.45, 2.75) is 39.2 Å². The fourth-order valence-corrected chi connectivity index (χ4v) is 3.72. The second kappa shape index (κ2) is 10.8. The van der Waals surface area contributed by atoms with Crippen LogP contribution in [-0.2, 0) is 17.8 Å². The number of nitrogens with one attached hydrogen (secondary N) is 1. The molecule has 0 spiro atoms. The van der Waals surface area contributed by atoms with Crippen molar-refractivity contribution in [1.82, 2.24) is 9.97 Å². The first kappa shape index (κ1) is 23.3. The molecule has 0 bridgehead atoms. The molecule has 3 aromatic rings. The zero-order valence-corrected chi connectivity index (χ0v) is 18.9. The molecule has 7 nitrogen and oxygen atoms in total. The molecule has 32 heavy (non-hydrogen) atoms. The van der Waals surface area contributed by atoms with E-state index in [0.29, 0.717) is 35.7 Å². The van der Waals surface area contributed by atoms with Crippen molar-refractivity contribution in [2.24, 2.45) is 11.7 Å². The van der Waals surface area contributed by atoms with Crippen LogP contribution < -0.4 is 22.5 Å². The van der Waals surface area contributed by atoms with Crippen LogP contribution in [0.5, 0.6) is 0 Å².